The lowest BCUT2D eigenvalue weighted by atomic mass is 10.1. The third-order valence-corrected chi connectivity index (χ3v) is 7.13. The lowest BCUT2D eigenvalue weighted by Crippen LogP contribution is -2.18. The SMILES string of the molecule is CNC(=O)c1cc(C)c(Nc2nc(OC3CCCC3)c3c(-c4ccc5nc(C)oc5c4)c[nH]c3n2)c(OC)c1. The first-order valence-electron chi connectivity index (χ1n) is 13.0. The van der Waals surface area contributed by atoms with E-state index in [0.717, 1.165) is 58.9 Å². The maximum Gasteiger partial charge on any atom is 0.251 e. The summed E-state index contributed by atoms with van der Waals surface area (Å²) in [6, 6.07) is 9.43. The second-order valence-corrected chi connectivity index (χ2v) is 9.79. The quantitative estimate of drug-likeness (QED) is 0.242. The van der Waals surface area contributed by atoms with Crippen molar-refractivity contribution in [2.75, 3.05) is 19.5 Å². The summed E-state index contributed by atoms with van der Waals surface area (Å²) in [4.78, 5) is 29.5. The molecule has 0 spiro atoms. The topological polar surface area (TPSA) is 127 Å². The summed E-state index contributed by atoms with van der Waals surface area (Å²) in [6.45, 7) is 3.74. The number of carbonyl (C=O) groups excluding carboxylic acids is 1. The van der Waals surface area contributed by atoms with Crippen molar-refractivity contribution in [3.63, 3.8) is 0 Å². The molecule has 1 aliphatic rings. The van der Waals surface area contributed by atoms with Crippen molar-refractivity contribution in [3.8, 4) is 22.8 Å². The number of aromatic amines is 1. The molecule has 0 radical (unpaired) electrons. The Kier molecular flexibility index (Phi) is 6.30. The van der Waals surface area contributed by atoms with Gasteiger partial charge in [-0.15, -0.1) is 0 Å². The highest BCUT2D eigenvalue weighted by Gasteiger charge is 2.23. The van der Waals surface area contributed by atoms with Gasteiger partial charge in [-0.05, 0) is 68.0 Å². The highest BCUT2D eigenvalue weighted by Crippen LogP contribution is 2.39. The van der Waals surface area contributed by atoms with Crippen LogP contribution in [0.2, 0.25) is 0 Å². The second kappa shape index (κ2) is 9.94. The molecule has 0 unspecified atom stereocenters. The van der Waals surface area contributed by atoms with Gasteiger partial charge in [0.2, 0.25) is 11.8 Å². The number of carbonyl (C=O) groups is 1. The summed E-state index contributed by atoms with van der Waals surface area (Å²) < 4.78 is 17.9. The minimum atomic E-state index is -0.189. The number of nitrogens with one attached hydrogen (secondary N) is 3. The number of fused-ring (bicyclic) bond motifs is 2. The number of aromatic nitrogens is 4. The molecule has 10 heteroatoms. The number of anilines is 2. The number of aryl methyl sites for hydroxylation is 2. The molecule has 3 aromatic heterocycles. The Morgan fingerprint density at radius 1 is 1.10 bits per heavy atom. The number of benzene rings is 2. The first kappa shape index (κ1) is 24.7. The average Bonchev–Trinajstić information content (AvgIpc) is 3.68. The third-order valence-electron chi connectivity index (χ3n) is 7.13. The summed E-state index contributed by atoms with van der Waals surface area (Å²) in [5, 5.41) is 6.76. The zero-order valence-electron chi connectivity index (χ0n) is 22.3. The molecule has 1 aliphatic carbocycles. The minimum Gasteiger partial charge on any atom is -0.495 e. The van der Waals surface area contributed by atoms with Gasteiger partial charge in [-0.2, -0.15) is 9.97 Å². The molecule has 3 N–H and O–H groups in total. The van der Waals surface area contributed by atoms with Crippen LogP contribution in [-0.2, 0) is 0 Å². The van der Waals surface area contributed by atoms with Crippen LogP contribution in [0, 0.1) is 13.8 Å². The Balaban J connectivity index is 1.44. The summed E-state index contributed by atoms with van der Waals surface area (Å²) in [5.74, 6) is 1.82. The fraction of sp³-hybridized carbons (Fsp3) is 0.310. The molecule has 2 aromatic carbocycles. The zero-order valence-corrected chi connectivity index (χ0v) is 22.3. The van der Waals surface area contributed by atoms with Crippen molar-refractivity contribution in [1.82, 2.24) is 25.3 Å². The summed E-state index contributed by atoms with van der Waals surface area (Å²) in [6.07, 6.45) is 6.27. The molecule has 39 heavy (non-hydrogen) atoms. The van der Waals surface area contributed by atoms with Crippen molar-refractivity contribution in [2.24, 2.45) is 0 Å². The van der Waals surface area contributed by atoms with Gasteiger partial charge in [-0.25, -0.2) is 4.98 Å². The number of H-pyrrole nitrogens is 1. The van der Waals surface area contributed by atoms with Crippen LogP contribution < -0.4 is 20.1 Å². The molecule has 3 heterocycles. The van der Waals surface area contributed by atoms with Crippen LogP contribution in [0.4, 0.5) is 11.6 Å². The molecule has 0 saturated heterocycles. The lowest BCUT2D eigenvalue weighted by Gasteiger charge is -2.17. The normalized spacial score (nSPS) is 13.7. The van der Waals surface area contributed by atoms with Crippen LogP contribution >= 0.6 is 0 Å². The van der Waals surface area contributed by atoms with Crippen LogP contribution in [-0.4, -0.2) is 46.1 Å². The zero-order chi connectivity index (χ0) is 27.1. The van der Waals surface area contributed by atoms with Crippen molar-refractivity contribution >= 4 is 39.7 Å². The van der Waals surface area contributed by atoms with E-state index < -0.39 is 0 Å². The summed E-state index contributed by atoms with van der Waals surface area (Å²) in [7, 11) is 3.16. The molecule has 5 aromatic rings. The Labute approximate surface area is 225 Å². The maximum absolute atomic E-state index is 12.2. The van der Waals surface area contributed by atoms with E-state index in [2.05, 4.69) is 20.6 Å². The first-order valence-corrected chi connectivity index (χ1v) is 13.0. The highest BCUT2D eigenvalue weighted by molar-refractivity contribution is 5.99. The van der Waals surface area contributed by atoms with Crippen molar-refractivity contribution in [3.05, 3.63) is 53.5 Å². The molecule has 6 rings (SSSR count). The van der Waals surface area contributed by atoms with Crippen molar-refractivity contribution in [2.45, 2.75) is 45.6 Å². The lowest BCUT2D eigenvalue weighted by molar-refractivity contribution is 0.0962. The molecular formula is C29H30N6O4. The van der Waals surface area contributed by atoms with Crippen molar-refractivity contribution < 1.29 is 18.7 Å². The van der Waals surface area contributed by atoms with Crippen LogP contribution in [0.5, 0.6) is 11.6 Å². The van der Waals surface area contributed by atoms with E-state index in [1.165, 1.54) is 0 Å². The van der Waals surface area contributed by atoms with E-state index >= 15 is 0 Å². The van der Waals surface area contributed by atoms with Gasteiger partial charge in [0, 0.05) is 31.3 Å². The molecule has 1 fully saturated rings. The predicted molar refractivity (Wildman–Crippen MR) is 149 cm³/mol. The number of rotatable bonds is 7. The van der Waals surface area contributed by atoms with Gasteiger partial charge >= 0.3 is 0 Å². The van der Waals surface area contributed by atoms with Crippen LogP contribution in [0.3, 0.4) is 0 Å². The number of ether oxygens (including phenoxy) is 2. The number of amides is 1. The van der Waals surface area contributed by atoms with Gasteiger partial charge < -0.3 is 29.5 Å². The molecule has 1 amide bonds. The van der Waals surface area contributed by atoms with E-state index in [4.69, 9.17) is 23.9 Å². The maximum atomic E-state index is 12.2. The third kappa shape index (κ3) is 4.62. The molecule has 0 atom stereocenters. The van der Waals surface area contributed by atoms with Crippen LogP contribution in [0.25, 0.3) is 33.3 Å². The Hall–Kier alpha value is -4.60. The fourth-order valence-electron chi connectivity index (χ4n) is 5.20. The molecule has 200 valence electrons. The van der Waals surface area contributed by atoms with Gasteiger partial charge in [0.1, 0.15) is 23.0 Å². The van der Waals surface area contributed by atoms with E-state index in [0.29, 0.717) is 40.4 Å². The number of hydrogen-bond donors (Lipinski definition) is 3. The number of nitrogens with zero attached hydrogens (tertiary/aromatic N) is 3. The minimum absolute atomic E-state index is 0.0983. The highest BCUT2D eigenvalue weighted by atomic mass is 16.5. The largest absolute Gasteiger partial charge is 0.495 e. The van der Waals surface area contributed by atoms with Gasteiger partial charge in [0.15, 0.2) is 11.5 Å². The molecule has 1 saturated carbocycles. The number of oxazole rings is 1. The Morgan fingerprint density at radius 2 is 1.92 bits per heavy atom. The number of methoxy groups -OCH3 is 1. The number of hydrogen-bond acceptors (Lipinski definition) is 8. The average molecular weight is 527 g/mol. The summed E-state index contributed by atoms with van der Waals surface area (Å²) >= 11 is 0. The van der Waals surface area contributed by atoms with E-state index in [1.807, 2.05) is 38.2 Å². The smallest absolute Gasteiger partial charge is 0.251 e. The molecule has 0 aliphatic heterocycles. The van der Waals surface area contributed by atoms with Crippen molar-refractivity contribution in [1.29, 1.82) is 0 Å². The standard InChI is InChI=1S/C29H30N6O4/c1-15-11-18(27(36)30-3)13-23(37-4)25(15)33-29-34-26-24(28(35-29)39-19-7-5-6-8-19)20(14-31-26)17-9-10-21-22(12-17)38-16(2)32-21/h9-14,19H,5-8H2,1-4H3,(H,30,36)(H2,31,33,34,35). The van der Waals surface area contributed by atoms with E-state index in [-0.39, 0.29) is 12.0 Å². The van der Waals surface area contributed by atoms with Gasteiger partial charge in [-0.3, -0.25) is 4.79 Å². The Morgan fingerprint density at radius 3 is 2.69 bits per heavy atom. The second-order valence-electron chi connectivity index (χ2n) is 9.79. The van der Waals surface area contributed by atoms with E-state index in [9.17, 15) is 4.79 Å². The predicted octanol–water partition coefficient (Wildman–Crippen LogP) is 5.82. The first-order chi connectivity index (χ1) is 18.9. The molecule has 10 nitrogen and oxygen atoms in total. The van der Waals surface area contributed by atoms with Gasteiger partial charge in [-0.1, -0.05) is 6.07 Å². The molecule has 0 bridgehead atoms. The summed E-state index contributed by atoms with van der Waals surface area (Å²) in [5.41, 5.74) is 6.05. The molecular weight excluding hydrogens is 496 g/mol. The fourth-order valence-corrected chi connectivity index (χ4v) is 5.20. The van der Waals surface area contributed by atoms with Gasteiger partial charge in [0.25, 0.3) is 5.91 Å². The monoisotopic (exact) mass is 526 g/mol. The van der Waals surface area contributed by atoms with Crippen LogP contribution in [0.1, 0.15) is 47.5 Å². The van der Waals surface area contributed by atoms with E-state index in [1.54, 1.807) is 26.3 Å². The Bertz CT molecular complexity index is 1700. The van der Waals surface area contributed by atoms with Gasteiger partial charge in [0.05, 0.1) is 18.2 Å². The van der Waals surface area contributed by atoms with Crippen LogP contribution in [0.15, 0.2) is 40.9 Å².